The topological polar surface area (TPSA) is 20.3 Å². The summed E-state index contributed by atoms with van der Waals surface area (Å²) in [5.41, 5.74) is 2.96. The maximum Gasteiger partial charge on any atom is 0.254 e. The Morgan fingerprint density at radius 2 is 1.17 bits per heavy atom. The van der Waals surface area contributed by atoms with Crippen LogP contribution in [0.3, 0.4) is 0 Å². The summed E-state index contributed by atoms with van der Waals surface area (Å²) < 4.78 is 0. The SMILES string of the molecule is CCN(C(=O)c1ccccc1)C(c1ccccc1)c1ccccc1. The number of carbonyl (C=O) groups excluding carboxylic acids is 1. The van der Waals surface area contributed by atoms with Crippen LogP contribution in [0.5, 0.6) is 0 Å². The number of rotatable bonds is 5. The van der Waals surface area contributed by atoms with Gasteiger partial charge in [0.05, 0.1) is 6.04 Å². The van der Waals surface area contributed by atoms with Crippen molar-refractivity contribution in [3.8, 4) is 0 Å². The van der Waals surface area contributed by atoms with Gasteiger partial charge in [-0.05, 0) is 30.2 Å². The van der Waals surface area contributed by atoms with Crippen molar-refractivity contribution in [3.05, 3.63) is 108 Å². The van der Waals surface area contributed by atoms with Gasteiger partial charge in [0, 0.05) is 12.1 Å². The van der Waals surface area contributed by atoms with E-state index in [0.717, 1.165) is 16.7 Å². The second-order valence-corrected chi connectivity index (χ2v) is 5.68. The second kappa shape index (κ2) is 7.60. The minimum Gasteiger partial charge on any atom is -0.328 e. The molecule has 0 radical (unpaired) electrons. The average molecular weight is 315 g/mol. The number of benzene rings is 3. The maximum atomic E-state index is 13.1. The number of hydrogen-bond acceptors (Lipinski definition) is 1. The summed E-state index contributed by atoms with van der Waals surface area (Å²) in [6.45, 7) is 2.67. The molecular weight excluding hydrogens is 294 g/mol. The van der Waals surface area contributed by atoms with Crippen LogP contribution in [0.1, 0.15) is 34.5 Å². The summed E-state index contributed by atoms with van der Waals surface area (Å²) >= 11 is 0. The summed E-state index contributed by atoms with van der Waals surface area (Å²) in [4.78, 5) is 15.0. The van der Waals surface area contributed by atoms with E-state index in [2.05, 4.69) is 24.3 Å². The molecule has 0 bridgehead atoms. The first kappa shape index (κ1) is 16.0. The summed E-state index contributed by atoms with van der Waals surface area (Å²) in [5, 5.41) is 0. The normalized spacial score (nSPS) is 10.6. The van der Waals surface area contributed by atoms with Crippen LogP contribution in [0.15, 0.2) is 91.0 Å². The zero-order valence-corrected chi connectivity index (χ0v) is 13.8. The zero-order valence-electron chi connectivity index (χ0n) is 13.8. The van der Waals surface area contributed by atoms with Crippen LogP contribution in [-0.2, 0) is 0 Å². The molecule has 2 nitrogen and oxygen atoms in total. The number of amides is 1. The van der Waals surface area contributed by atoms with Gasteiger partial charge in [0.2, 0.25) is 0 Å². The Morgan fingerprint density at radius 1 is 0.750 bits per heavy atom. The molecule has 3 aromatic rings. The minimum absolute atomic E-state index is 0.0517. The maximum absolute atomic E-state index is 13.1. The zero-order chi connectivity index (χ0) is 16.8. The molecule has 0 aromatic heterocycles. The Morgan fingerprint density at radius 3 is 1.58 bits per heavy atom. The highest BCUT2D eigenvalue weighted by Gasteiger charge is 2.26. The van der Waals surface area contributed by atoms with E-state index in [1.165, 1.54) is 0 Å². The first-order valence-electron chi connectivity index (χ1n) is 8.27. The summed E-state index contributed by atoms with van der Waals surface area (Å²) in [6, 6.07) is 29.8. The van der Waals surface area contributed by atoms with Crippen molar-refractivity contribution in [1.82, 2.24) is 4.90 Å². The first-order chi connectivity index (χ1) is 11.8. The molecule has 0 saturated carbocycles. The number of carbonyl (C=O) groups is 1. The van der Waals surface area contributed by atoms with E-state index in [1.807, 2.05) is 78.6 Å². The average Bonchev–Trinajstić information content (AvgIpc) is 2.67. The van der Waals surface area contributed by atoms with Crippen LogP contribution in [-0.4, -0.2) is 17.4 Å². The van der Waals surface area contributed by atoms with Crippen molar-refractivity contribution in [3.63, 3.8) is 0 Å². The van der Waals surface area contributed by atoms with Crippen molar-refractivity contribution in [2.45, 2.75) is 13.0 Å². The third-order valence-electron chi connectivity index (χ3n) is 4.16. The summed E-state index contributed by atoms with van der Waals surface area (Å²) in [7, 11) is 0. The fraction of sp³-hybridized carbons (Fsp3) is 0.136. The first-order valence-corrected chi connectivity index (χ1v) is 8.27. The molecule has 24 heavy (non-hydrogen) atoms. The highest BCUT2D eigenvalue weighted by molar-refractivity contribution is 5.94. The third kappa shape index (κ3) is 3.38. The van der Waals surface area contributed by atoms with Gasteiger partial charge in [0.1, 0.15) is 0 Å². The number of nitrogens with zero attached hydrogens (tertiary/aromatic N) is 1. The Kier molecular flexibility index (Phi) is 5.07. The van der Waals surface area contributed by atoms with Crippen LogP contribution in [0, 0.1) is 0 Å². The van der Waals surface area contributed by atoms with Crippen LogP contribution < -0.4 is 0 Å². The van der Waals surface area contributed by atoms with E-state index in [-0.39, 0.29) is 11.9 Å². The Labute approximate surface area is 143 Å². The van der Waals surface area contributed by atoms with Crippen LogP contribution in [0.25, 0.3) is 0 Å². The van der Waals surface area contributed by atoms with E-state index in [1.54, 1.807) is 0 Å². The predicted octanol–water partition coefficient (Wildman–Crippen LogP) is 4.94. The highest BCUT2D eigenvalue weighted by atomic mass is 16.2. The Balaban J connectivity index is 2.05. The lowest BCUT2D eigenvalue weighted by atomic mass is 9.96. The smallest absolute Gasteiger partial charge is 0.254 e. The molecule has 0 N–H and O–H groups in total. The molecule has 2 heteroatoms. The van der Waals surface area contributed by atoms with Gasteiger partial charge in [-0.15, -0.1) is 0 Å². The van der Waals surface area contributed by atoms with E-state index >= 15 is 0 Å². The van der Waals surface area contributed by atoms with E-state index in [4.69, 9.17) is 0 Å². The largest absolute Gasteiger partial charge is 0.328 e. The fourth-order valence-corrected chi connectivity index (χ4v) is 3.01. The molecule has 1 amide bonds. The molecule has 0 aliphatic carbocycles. The van der Waals surface area contributed by atoms with E-state index in [0.29, 0.717) is 6.54 Å². The molecule has 3 rings (SSSR count). The monoisotopic (exact) mass is 315 g/mol. The molecular formula is C22H21NO. The van der Waals surface area contributed by atoms with Crippen LogP contribution >= 0.6 is 0 Å². The highest BCUT2D eigenvalue weighted by Crippen LogP contribution is 2.29. The molecule has 0 aliphatic rings. The van der Waals surface area contributed by atoms with E-state index in [9.17, 15) is 4.79 Å². The molecule has 0 saturated heterocycles. The van der Waals surface area contributed by atoms with Crippen molar-refractivity contribution < 1.29 is 4.79 Å². The molecule has 0 aliphatic heterocycles. The quantitative estimate of drug-likeness (QED) is 0.653. The molecule has 0 spiro atoms. The Hall–Kier alpha value is -2.87. The fourth-order valence-electron chi connectivity index (χ4n) is 3.01. The second-order valence-electron chi connectivity index (χ2n) is 5.68. The summed E-state index contributed by atoms with van der Waals surface area (Å²) in [5.74, 6) is 0.0517. The molecule has 120 valence electrons. The van der Waals surface area contributed by atoms with Crippen LogP contribution in [0.4, 0.5) is 0 Å². The third-order valence-corrected chi connectivity index (χ3v) is 4.16. The molecule has 0 fully saturated rings. The van der Waals surface area contributed by atoms with Gasteiger partial charge in [0.15, 0.2) is 0 Å². The molecule has 0 atom stereocenters. The lowest BCUT2D eigenvalue weighted by Gasteiger charge is -2.32. The molecule has 0 heterocycles. The van der Waals surface area contributed by atoms with Gasteiger partial charge < -0.3 is 4.90 Å². The molecule has 3 aromatic carbocycles. The van der Waals surface area contributed by atoms with Gasteiger partial charge in [0.25, 0.3) is 5.91 Å². The van der Waals surface area contributed by atoms with Gasteiger partial charge in [-0.25, -0.2) is 0 Å². The van der Waals surface area contributed by atoms with Crippen molar-refractivity contribution in [1.29, 1.82) is 0 Å². The minimum atomic E-state index is -0.0925. The van der Waals surface area contributed by atoms with Gasteiger partial charge in [-0.1, -0.05) is 78.9 Å². The van der Waals surface area contributed by atoms with Crippen LogP contribution in [0.2, 0.25) is 0 Å². The molecule has 0 unspecified atom stereocenters. The predicted molar refractivity (Wildman–Crippen MR) is 97.9 cm³/mol. The van der Waals surface area contributed by atoms with Crippen molar-refractivity contribution >= 4 is 5.91 Å². The van der Waals surface area contributed by atoms with Gasteiger partial charge in [-0.2, -0.15) is 0 Å². The van der Waals surface area contributed by atoms with E-state index < -0.39 is 0 Å². The van der Waals surface area contributed by atoms with Crippen molar-refractivity contribution in [2.75, 3.05) is 6.54 Å². The lowest BCUT2D eigenvalue weighted by molar-refractivity contribution is 0.0717. The van der Waals surface area contributed by atoms with Gasteiger partial charge >= 0.3 is 0 Å². The number of hydrogen-bond donors (Lipinski definition) is 0. The van der Waals surface area contributed by atoms with Gasteiger partial charge in [-0.3, -0.25) is 4.79 Å². The summed E-state index contributed by atoms with van der Waals surface area (Å²) in [6.07, 6.45) is 0. The Bertz CT molecular complexity index is 729. The lowest BCUT2D eigenvalue weighted by Crippen LogP contribution is -2.35. The standard InChI is InChI=1S/C22H21NO/c1-2-23(22(24)20-16-10-5-11-17-20)21(18-12-6-3-7-13-18)19-14-8-4-9-15-19/h3-17,21H,2H2,1H3. The van der Waals surface area contributed by atoms with Crippen molar-refractivity contribution in [2.24, 2.45) is 0 Å².